The molecule has 3 rings (SSSR count). The summed E-state index contributed by atoms with van der Waals surface area (Å²) in [5, 5.41) is 2.65. The summed E-state index contributed by atoms with van der Waals surface area (Å²) in [6.07, 6.45) is 0. The number of carbonyl (C=O) groups excluding carboxylic acids is 1. The molecule has 0 aromatic heterocycles. The quantitative estimate of drug-likeness (QED) is 0.518. The van der Waals surface area contributed by atoms with E-state index in [1.54, 1.807) is 26.8 Å². The molecule has 7 heteroatoms. The SMILES string of the molecule is Cc1ccc(CN(CC(=O)Nc2cc(F)ccc2C)S(=O)(=O)c2c(C)cc(C)cc2C)cc1. The predicted octanol–water partition coefficient (Wildman–Crippen LogP) is 5.20. The zero-order valence-electron chi connectivity index (χ0n) is 19.6. The Bertz CT molecular complexity index is 1260. The second-order valence-electron chi connectivity index (χ2n) is 8.49. The van der Waals surface area contributed by atoms with Crippen molar-refractivity contribution in [2.45, 2.75) is 46.1 Å². The number of sulfonamides is 1. The molecule has 3 aromatic rings. The van der Waals surface area contributed by atoms with Gasteiger partial charge in [0.1, 0.15) is 5.82 Å². The van der Waals surface area contributed by atoms with Crippen LogP contribution in [-0.4, -0.2) is 25.2 Å². The molecule has 0 aliphatic heterocycles. The average Bonchev–Trinajstić information content (AvgIpc) is 2.71. The maximum absolute atomic E-state index is 13.8. The smallest absolute Gasteiger partial charge is 0.244 e. The predicted molar refractivity (Wildman–Crippen MR) is 129 cm³/mol. The van der Waals surface area contributed by atoms with Crippen LogP contribution in [0.1, 0.15) is 33.4 Å². The molecule has 0 unspecified atom stereocenters. The maximum atomic E-state index is 13.8. The van der Waals surface area contributed by atoms with Crippen LogP contribution in [0.3, 0.4) is 0 Å². The summed E-state index contributed by atoms with van der Waals surface area (Å²) < 4.78 is 42.3. The third kappa shape index (κ3) is 5.86. The fraction of sp³-hybridized carbons (Fsp3) is 0.269. The zero-order valence-corrected chi connectivity index (χ0v) is 20.4. The number of rotatable bonds is 7. The topological polar surface area (TPSA) is 66.5 Å². The van der Waals surface area contributed by atoms with Crippen molar-refractivity contribution in [1.29, 1.82) is 0 Å². The van der Waals surface area contributed by atoms with Crippen molar-refractivity contribution >= 4 is 21.6 Å². The highest BCUT2D eigenvalue weighted by molar-refractivity contribution is 7.89. The second-order valence-corrected chi connectivity index (χ2v) is 10.4. The molecule has 0 heterocycles. The van der Waals surface area contributed by atoms with E-state index in [4.69, 9.17) is 0 Å². The number of carbonyl (C=O) groups is 1. The summed E-state index contributed by atoms with van der Waals surface area (Å²) in [5.74, 6) is -1.02. The first kappa shape index (κ1) is 24.6. The third-order valence-corrected chi connectivity index (χ3v) is 7.57. The minimum atomic E-state index is -3.99. The standard InChI is InChI=1S/C26H29FN2O3S/c1-17-6-9-22(10-7-17)15-29(16-25(30)28-24-14-23(27)11-8-19(24)3)33(31,32)26-20(4)12-18(2)13-21(26)5/h6-14H,15-16H2,1-5H3,(H,28,30). The van der Waals surface area contributed by atoms with Gasteiger partial charge in [0.25, 0.3) is 0 Å². The van der Waals surface area contributed by atoms with Crippen LogP contribution in [0.15, 0.2) is 59.5 Å². The molecule has 3 aromatic carbocycles. The number of nitrogens with zero attached hydrogens (tertiary/aromatic N) is 1. The van der Waals surface area contributed by atoms with E-state index in [1.165, 1.54) is 16.4 Å². The Morgan fingerprint density at radius 3 is 2.06 bits per heavy atom. The van der Waals surface area contributed by atoms with Crippen molar-refractivity contribution in [3.05, 3.63) is 93.8 Å². The van der Waals surface area contributed by atoms with Gasteiger partial charge in [0.15, 0.2) is 0 Å². The van der Waals surface area contributed by atoms with Crippen molar-refractivity contribution in [2.24, 2.45) is 0 Å². The molecule has 0 fully saturated rings. The summed E-state index contributed by atoms with van der Waals surface area (Å²) in [6.45, 7) is 8.75. The molecule has 0 atom stereocenters. The lowest BCUT2D eigenvalue weighted by Gasteiger charge is -2.24. The fourth-order valence-corrected chi connectivity index (χ4v) is 5.70. The largest absolute Gasteiger partial charge is 0.325 e. The van der Waals surface area contributed by atoms with Crippen LogP contribution in [0.25, 0.3) is 0 Å². The van der Waals surface area contributed by atoms with E-state index in [0.717, 1.165) is 16.7 Å². The molecule has 33 heavy (non-hydrogen) atoms. The first-order valence-corrected chi connectivity index (χ1v) is 12.1. The molecule has 5 nitrogen and oxygen atoms in total. The molecular formula is C26H29FN2O3S. The summed E-state index contributed by atoms with van der Waals surface area (Å²) in [6, 6.07) is 15.2. The molecular weight excluding hydrogens is 439 g/mol. The number of nitrogens with one attached hydrogen (secondary N) is 1. The Balaban J connectivity index is 1.98. The number of aryl methyl sites for hydroxylation is 5. The van der Waals surface area contributed by atoms with Gasteiger partial charge in [-0.15, -0.1) is 0 Å². The first-order chi connectivity index (χ1) is 15.5. The van der Waals surface area contributed by atoms with Crippen molar-refractivity contribution in [3.8, 4) is 0 Å². The Morgan fingerprint density at radius 2 is 1.45 bits per heavy atom. The van der Waals surface area contributed by atoms with Crippen LogP contribution in [0.4, 0.5) is 10.1 Å². The van der Waals surface area contributed by atoms with Gasteiger partial charge in [0, 0.05) is 12.2 Å². The lowest BCUT2D eigenvalue weighted by atomic mass is 10.1. The first-order valence-electron chi connectivity index (χ1n) is 10.7. The van der Waals surface area contributed by atoms with Crippen molar-refractivity contribution in [2.75, 3.05) is 11.9 Å². The Hall–Kier alpha value is -3.03. The minimum Gasteiger partial charge on any atom is -0.325 e. The number of halogens is 1. The molecule has 1 N–H and O–H groups in total. The van der Waals surface area contributed by atoms with Gasteiger partial charge < -0.3 is 5.32 Å². The van der Waals surface area contributed by atoms with Gasteiger partial charge in [-0.1, -0.05) is 53.6 Å². The Kier molecular flexibility index (Phi) is 7.34. The van der Waals surface area contributed by atoms with Crippen LogP contribution < -0.4 is 5.32 Å². The van der Waals surface area contributed by atoms with E-state index >= 15 is 0 Å². The Morgan fingerprint density at radius 1 is 0.848 bits per heavy atom. The van der Waals surface area contributed by atoms with Gasteiger partial charge in [0.2, 0.25) is 15.9 Å². The van der Waals surface area contributed by atoms with Gasteiger partial charge in [-0.05, 0) is 69.0 Å². The normalized spacial score (nSPS) is 11.6. The number of amides is 1. The third-order valence-electron chi connectivity index (χ3n) is 5.48. The lowest BCUT2D eigenvalue weighted by molar-refractivity contribution is -0.116. The van der Waals surface area contributed by atoms with E-state index in [2.05, 4.69) is 5.32 Å². The highest BCUT2D eigenvalue weighted by atomic mass is 32.2. The number of hydrogen-bond donors (Lipinski definition) is 1. The van der Waals surface area contributed by atoms with Crippen LogP contribution in [0.2, 0.25) is 0 Å². The number of hydrogen-bond acceptors (Lipinski definition) is 3. The van der Waals surface area contributed by atoms with Crippen LogP contribution in [0.5, 0.6) is 0 Å². The van der Waals surface area contributed by atoms with E-state index in [1.807, 2.05) is 50.2 Å². The number of benzene rings is 3. The monoisotopic (exact) mass is 468 g/mol. The van der Waals surface area contributed by atoms with E-state index < -0.39 is 28.3 Å². The average molecular weight is 469 g/mol. The summed E-state index contributed by atoms with van der Waals surface area (Å²) in [4.78, 5) is 13.1. The van der Waals surface area contributed by atoms with Crippen LogP contribution >= 0.6 is 0 Å². The summed E-state index contributed by atoms with van der Waals surface area (Å²) >= 11 is 0. The molecule has 0 spiro atoms. The van der Waals surface area contributed by atoms with Gasteiger partial charge in [-0.2, -0.15) is 4.31 Å². The van der Waals surface area contributed by atoms with Gasteiger partial charge in [0.05, 0.1) is 11.4 Å². The van der Waals surface area contributed by atoms with Crippen LogP contribution in [-0.2, 0) is 21.4 Å². The molecule has 0 bridgehead atoms. The lowest BCUT2D eigenvalue weighted by Crippen LogP contribution is -2.38. The minimum absolute atomic E-state index is 0.0327. The molecule has 1 amide bonds. The summed E-state index contributed by atoms with van der Waals surface area (Å²) in [7, 11) is -3.99. The van der Waals surface area contributed by atoms with Gasteiger partial charge in [-0.25, -0.2) is 12.8 Å². The second kappa shape index (κ2) is 9.85. The molecule has 0 aliphatic rings. The molecule has 0 saturated heterocycles. The van der Waals surface area contributed by atoms with E-state index in [0.29, 0.717) is 22.4 Å². The fourth-order valence-electron chi connectivity index (χ4n) is 3.90. The zero-order chi connectivity index (χ0) is 24.3. The van der Waals surface area contributed by atoms with Crippen molar-refractivity contribution in [1.82, 2.24) is 4.31 Å². The Labute approximate surface area is 195 Å². The van der Waals surface area contributed by atoms with E-state index in [9.17, 15) is 17.6 Å². The van der Waals surface area contributed by atoms with E-state index in [-0.39, 0.29) is 11.4 Å². The maximum Gasteiger partial charge on any atom is 0.244 e. The molecule has 0 radical (unpaired) electrons. The van der Waals surface area contributed by atoms with Gasteiger partial charge >= 0.3 is 0 Å². The van der Waals surface area contributed by atoms with Crippen LogP contribution in [0, 0.1) is 40.4 Å². The summed E-state index contributed by atoms with van der Waals surface area (Å²) in [5.41, 5.74) is 5.04. The van der Waals surface area contributed by atoms with Crippen molar-refractivity contribution < 1.29 is 17.6 Å². The van der Waals surface area contributed by atoms with Crippen molar-refractivity contribution in [3.63, 3.8) is 0 Å². The highest BCUT2D eigenvalue weighted by Gasteiger charge is 2.30. The molecule has 174 valence electrons. The van der Waals surface area contributed by atoms with Gasteiger partial charge in [-0.3, -0.25) is 4.79 Å². The molecule has 0 saturated carbocycles. The highest BCUT2D eigenvalue weighted by Crippen LogP contribution is 2.27. The molecule has 0 aliphatic carbocycles. The number of anilines is 1.